The normalized spacial score (nSPS) is 12.0. The highest BCUT2D eigenvalue weighted by Crippen LogP contribution is 2.30. The molecule has 25 heavy (non-hydrogen) atoms. The van der Waals surface area contributed by atoms with Crippen LogP contribution in [0, 0.1) is 0 Å². The number of guanidine groups is 1. The lowest BCUT2D eigenvalue weighted by Crippen LogP contribution is -2.39. The van der Waals surface area contributed by atoms with Crippen LogP contribution in [-0.4, -0.2) is 36.5 Å². The molecule has 0 aromatic carbocycles. The summed E-state index contributed by atoms with van der Waals surface area (Å²) in [5.74, 6) is 0.659. The van der Waals surface area contributed by atoms with Crippen LogP contribution < -0.4 is 5.32 Å². The first-order chi connectivity index (χ1) is 11.3. The van der Waals surface area contributed by atoms with Gasteiger partial charge in [0.15, 0.2) is 11.7 Å². The summed E-state index contributed by atoms with van der Waals surface area (Å²) in [6.45, 7) is 1.10. The highest BCUT2D eigenvalue weighted by atomic mass is 127. The Balaban J connectivity index is 0.00000312. The van der Waals surface area contributed by atoms with Crippen molar-refractivity contribution in [2.24, 2.45) is 4.99 Å². The second-order valence-electron chi connectivity index (χ2n) is 4.91. The molecule has 0 spiro atoms. The van der Waals surface area contributed by atoms with Crippen LogP contribution >= 0.6 is 58.3 Å². The fraction of sp³-hybridized carbons (Fsp3) is 0.429. The van der Waals surface area contributed by atoms with Gasteiger partial charge in [-0.15, -0.1) is 46.7 Å². The average Bonchev–Trinajstić information content (AvgIpc) is 3.12. The number of hydrogen-bond donors (Lipinski definition) is 1. The molecule has 0 fully saturated rings. The third kappa shape index (κ3) is 6.91. The smallest absolute Gasteiger partial charge is 0.356 e. The molecule has 0 saturated carbocycles. The van der Waals surface area contributed by atoms with Gasteiger partial charge in [-0.2, -0.15) is 13.2 Å². The van der Waals surface area contributed by atoms with E-state index in [9.17, 15) is 13.2 Å². The molecule has 2 aromatic rings. The van der Waals surface area contributed by atoms with E-state index < -0.39 is 11.9 Å². The minimum absolute atomic E-state index is 0. The van der Waals surface area contributed by atoms with Gasteiger partial charge >= 0.3 is 6.18 Å². The monoisotopic (exact) mass is 524 g/mol. The van der Waals surface area contributed by atoms with Crippen molar-refractivity contribution in [3.05, 3.63) is 37.4 Å². The fourth-order valence-corrected chi connectivity index (χ4v) is 3.91. The van der Waals surface area contributed by atoms with Gasteiger partial charge in [-0.25, -0.2) is 4.98 Å². The molecule has 4 nitrogen and oxygen atoms in total. The van der Waals surface area contributed by atoms with Crippen molar-refractivity contribution in [3.63, 3.8) is 0 Å². The number of aliphatic imine (C=N–C) groups is 1. The van der Waals surface area contributed by atoms with E-state index in [4.69, 9.17) is 11.6 Å². The predicted octanol–water partition coefficient (Wildman–Crippen LogP) is 4.74. The van der Waals surface area contributed by atoms with Crippen LogP contribution in [0.25, 0.3) is 0 Å². The molecule has 2 heterocycles. The van der Waals surface area contributed by atoms with Gasteiger partial charge in [0.2, 0.25) is 0 Å². The van der Waals surface area contributed by atoms with Crippen LogP contribution in [0.3, 0.4) is 0 Å². The average molecular weight is 525 g/mol. The summed E-state index contributed by atoms with van der Waals surface area (Å²) >= 11 is 8.42. The SMILES string of the molecule is CN=C(NCCc1nc(C(F)(F)F)cs1)N(C)Cc1ccc(Cl)s1.I. The largest absolute Gasteiger partial charge is 0.434 e. The van der Waals surface area contributed by atoms with Gasteiger partial charge in [0.25, 0.3) is 0 Å². The number of nitrogens with zero attached hydrogens (tertiary/aromatic N) is 3. The number of alkyl halides is 3. The van der Waals surface area contributed by atoms with Crippen molar-refractivity contribution in [3.8, 4) is 0 Å². The summed E-state index contributed by atoms with van der Waals surface area (Å²) in [5, 5.41) is 4.61. The molecule has 2 rings (SSSR count). The Kier molecular flexibility index (Phi) is 8.92. The summed E-state index contributed by atoms with van der Waals surface area (Å²) in [4.78, 5) is 10.8. The van der Waals surface area contributed by atoms with Crippen LogP contribution in [0.4, 0.5) is 13.2 Å². The first-order valence-corrected chi connectivity index (χ1v) is 9.04. The molecule has 140 valence electrons. The molecular formula is C14H17ClF3IN4S2. The lowest BCUT2D eigenvalue weighted by Gasteiger charge is -2.21. The van der Waals surface area contributed by atoms with Crippen LogP contribution in [0.1, 0.15) is 15.6 Å². The van der Waals surface area contributed by atoms with Gasteiger partial charge in [0, 0.05) is 37.3 Å². The molecule has 0 aliphatic rings. The summed E-state index contributed by atoms with van der Waals surface area (Å²) in [6, 6.07) is 3.79. The Morgan fingerprint density at radius 3 is 2.64 bits per heavy atom. The summed E-state index contributed by atoms with van der Waals surface area (Å²) < 4.78 is 38.3. The molecule has 0 aliphatic carbocycles. The number of hydrogen-bond acceptors (Lipinski definition) is 4. The van der Waals surface area contributed by atoms with E-state index in [0.717, 1.165) is 25.9 Å². The molecule has 2 aromatic heterocycles. The van der Waals surface area contributed by atoms with Crippen molar-refractivity contribution >= 4 is 64.2 Å². The fourth-order valence-electron chi connectivity index (χ4n) is 1.97. The molecular weight excluding hydrogens is 508 g/mol. The molecule has 0 radical (unpaired) electrons. The van der Waals surface area contributed by atoms with Gasteiger partial charge < -0.3 is 10.2 Å². The number of halogens is 5. The lowest BCUT2D eigenvalue weighted by molar-refractivity contribution is -0.140. The molecule has 0 amide bonds. The maximum absolute atomic E-state index is 12.5. The Morgan fingerprint density at radius 1 is 1.40 bits per heavy atom. The minimum Gasteiger partial charge on any atom is -0.356 e. The van der Waals surface area contributed by atoms with Gasteiger partial charge in [-0.05, 0) is 12.1 Å². The van der Waals surface area contributed by atoms with E-state index in [0.29, 0.717) is 30.5 Å². The van der Waals surface area contributed by atoms with E-state index >= 15 is 0 Å². The highest BCUT2D eigenvalue weighted by molar-refractivity contribution is 14.0. The zero-order valence-electron chi connectivity index (χ0n) is 13.4. The first kappa shape index (κ1) is 22.5. The Morgan fingerprint density at radius 2 is 2.12 bits per heavy atom. The molecule has 11 heteroatoms. The lowest BCUT2D eigenvalue weighted by atomic mass is 10.4. The standard InChI is InChI=1S/C14H16ClF3N4S2.HI/c1-19-13(22(2)7-9-3-4-11(15)24-9)20-6-5-12-21-10(8-23-12)14(16,17)18;/h3-4,8H,5-7H2,1-2H3,(H,19,20);1H. The van der Waals surface area contributed by atoms with Gasteiger partial charge in [0.1, 0.15) is 0 Å². The quantitative estimate of drug-likeness (QED) is 0.349. The third-order valence-corrected chi connectivity index (χ3v) is 5.18. The van der Waals surface area contributed by atoms with Crippen molar-refractivity contribution in [2.75, 3.05) is 20.6 Å². The van der Waals surface area contributed by atoms with Crippen molar-refractivity contribution < 1.29 is 13.2 Å². The topological polar surface area (TPSA) is 40.5 Å². The molecule has 0 bridgehead atoms. The minimum atomic E-state index is -4.39. The molecule has 0 unspecified atom stereocenters. The molecule has 0 atom stereocenters. The summed E-state index contributed by atoms with van der Waals surface area (Å²) in [5.41, 5.74) is -0.835. The molecule has 0 aliphatic heterocycles. The van der Waals surface area contributed by atoms with E-state index in [2.05, 4.69) is 15.3 Å². The zero-order chi connectivity index (χ0) is 17.7. The van der Waals surface area contributed by atoms with Crippen molar-refractivity contribution in [2.45, 2.75) is 19.1 Å². The van der Waals surface area contributed by atoms with Crippen LogP contribution in [0.2, 0.25) is 4.34 Å². The second-order valence-corrected chi connectivity index (χ2v) is 7.65. The van der Waals surface area contributed by atoms with E-state index in [-0.39, 0.29) is 24.0 Å². The zero-order valence-corrected chi connectivity index (χ0v) is 18.2. The van der Waals surface area contributed by atoms with Crippen molar-refractivity contribution in [1.82, 2.24) is 15.2 Å². The molecule has 0 saturated heterocycles. The number of nitrogens with one attached hydrogen (secondary N) is 1. The number of thiophene rings is 1. The maximum atomic E-state index is 12.5. The second kappa shape index (κ2) is 9.93. The van der Waals surface area contributed by atoms with E-state index in [1.807, 2.05) is 24.1 Å². The van der Waals surface area contributed by atoms with E-state index in [1.54, 1.807) is 7.05 Å². The summed E-state index contributed by atoms with van der Waals surface area (Å²) in [7, 11) is 3.54. The maximum Gasteiger partial charge on any atom is 0.434 e. The number of rotatable bonds is 5. The predicted molar refractivity (Wildman–Crippen MR) is 108 cm³/mol. The van der Waals surface area contributed by atoms with Crippen LogP contribution in [0.15, 0.2) is 22.5 Å². The first-order valence-electron chi connectivity index (χ1n) is 6.97. The Bertz CT molecular complexity index is 702. The molecule has 1 N–H and O–H groups in total. The highest BCUT2D eigenvalue weighted by Gasteiger charge is 2.33. The van der Waals surface area contributed by atoms with Gasteiger partial charge in [0.05, 0.1) is 15.9 Å². The third-order valence-electron chi connectivity index (χ3n) is 3.06. The van der Waals surface area contributed by atoms with E-state index in [1.165, 1.54) is 11.3 Å². The summed E-state index contributed by atoms with van der Waals surface area (Å²) in [6.07, 6.45) is -3.99. The van der Waals surface area contributed by atoms with Crippen molar-refractivity contribution in [1.29, 1.82) is 0 Å². The number of aromatic nitrogens is 1. The van der Waals surface area contributed by atoms with Crippen LogP contribution in [-0.2, 0) is 19.1 Å². The van der Waals surface area contributed by atoms with Crippen LogP contribution in [0.5, 0.6) is 0 Å². The number of thiazole rings is 1. The van der Waals surface area contributed by atoms with Gasteiger partial charge in [-0.1, -0.05) is 11.6 Å². The Hall–Kier alpha value is -0.590. The van der Waals surface area contributed by atoms with Gasteiger partial charge in [-0.3, -0.25) is 4.99 Å². The Labute approximate surface area is 174 Å².